The predicted octanol–water partition coefficient (Wildman–Crippen LogP) is 1.95. The van der Waals surface area contributed by atoms with Gasteiger partial charge in [0.25, 0.3) is 0 Å². The molecule has 1 aliphatic heterocycles. The minimum Gasteiger partial charge on any atom is -0.383 e. The maximum atomic E-state index is 6.11. The van der Waals surface area contributed by atoms with E-state index in [0.29, 0.717) is 16.8 Å². The maximum absolute atomic E-state index is 6.11. The molecule has 3 N–H and O–H groups in total. The Labute approximate surface area is 107 Å². The van der Waals surface area contributed by atoms with Gasteiger partial charge in [0.15, 0.2) is 0 Å². The third kappa shape index (κ3) is 3.30. The van der Waals surface area contributed by atoms with Crippen molar-refractivity contribution in [2.24, 2.45) is 5.92 Å². The molecule has 1 aliphatic rings. The number of hydrogen-bond donors (Lipinski definition) is 2. The summed E-state index contributed by atoms with van der Waals surface area (Å²) in [5, 5.41) is 3.89. The number of nitrogens with zero attached hydrogens (tertiary/aromatic N) is 2. The van der Waals surface area contributed by atoms with Gasteiger partial charge in [-0.2, -0.15) is 0 Å². The third-order valence-corrected chi connectivity index (χ3v) is 3.67. The molecule has 0 radical (unpaired) electrons. The number of halogens is 1. The highest BCUT2D eigenvalue weighted by Crippen LogP contribution is 2.24. The van der Waals surface area contributed by atoms with E-state index in [1.807, 2.05) is 0 Å². The van der Waals surface area contributed by atoms with Crippen molar-refractivity contribution in [2.75, 3.05) is 18.8 Å². The highest BCUT2D eigenvalue weighted by Gasteiger charge is 2.15. The third-order valence-electron chi connectivity index (χ3n) is 3.36. The van der Waals surface area contributed by atoms with Gasteiger partial charge in [-0.05, 0) is 51.6 Å². The van der Waals surface area contributed by atoms with Crippen molar-refractivity contribution in [1.29, 1.82) is 0 Å². The SMILES string of the molecule is Cc1nc(N)c(CCC2CCNCC2)c(Cl)n1. The van der Waals surface area contributed by atoms with Gasteiger partial charge in [0.2, 0.25) is 0 Å². The van der Waals surface area contributed by atoms with Crippen LogP contribution < -0.4 is 11.1 Å². The van der Waals surface area contributed by atoms with Crippen LogP contribution in [-0.4, -0.2) is 23.1 Å². The van der Waals surface area contributed by atoms with Crippen LogP contribution in [0.2, 0.25) is 5.15 Å². The maximum Gasteiger partial charge on any atom is 0.138 e. The monoisotopic (exact) mass is 254 g/mol. The molecule has 1 fully saturated rings. The van der Waals surface area contributed by atoms with E-state index in [1.54, 1.807) is 6.92 Å². The Kier molecular flexibility index (Phi) is 4.18. The largest absolute Gasteiger partial charge is 0.383 e. The van der Waals surface area contributed by atoms with Gasteiger partial charge in [0.1, 0.15) is 16.8 Å². The number of rotatable bonds is 3. The topological polar surface area (TPSA) is 63.8 Å². The molecule has 2 rings (SSSR count). The summed E-state index contributed by atoms with van der Waals surface area (Å²) in [4.78, 5) is 8.33. The molecule has 94 valence electrons. The Morgan fingerprint density at radius 2 is 2.06 bits per heavy atom. The summed E-state index contributed by atoms with van der Waals surface area (Å²) in [5.74, 6) is 1.95. The second-order valence-electron chi connectivity index (χ2n) is 4.66. The number of aryl methyl sites for hydroxylation is 1. The number of anilines is 1. The van der Waals surface area contributed by atoms with Crippen molar-refractivity contribution in [2.45, 2.75) is 32.6 Å². The molecule has 0 amide bonds. The zero-order valence-corrected chi connectivity index (χ0v) is 10.9. The number of aromatic nitrogens is 2. The molecule has 0 aliphatic carbocycles. The molecule has 0 aromatic carbocycles. The van der Waals surface area contributed by atoms with Crippen LogP contribution in [0.25, 0.3) is 0 Å². The minimum absolute atomic E-state index is 0.518. The number of nitrogen functional groups attached to an aromatic ring is 1. The minimum atomic E-state index is 0.518. The van der Waals surface area contributed by atoms with Gasteiger partial charge in [-0.15, -0.1) is 0 Å². The van der Waals surface area contributed by atoms with Crippen molar-refractivity contribution in [3.05, 3.63) is 16.5 Å². The second-order valence-corrected chi connectivity index (χ2v) is 5.02. The molecule has 0 bridgehead atoms. The van der Waals surface area contributed by atoms with Crippen molar-refractivity contribution >= 4 is 17.4 Å². The zero-order valence-electron chi connectivity index (χ0n) is 10.2. The van der Waals surface area contributed by atoms with Crippen molar-refractivity contribution < 1.29 is 0 Å². The predicted molar refractivity (Wildman–Crippen MR) is 70.1 cm³/mol. The summed E-state index contributed by atoms with van der Waals surface area (Å²) < 4.78 is 0. The van der Waals surface area contributed by atoms with Gasteiger partial charge in [-0.1, -0.05) is 11.6 Å². The van der Waals surface area contributed by atoms with Gasteiger partial charge in [-0.25, -0.2) is 9.97 Å². The second kappa shape index (κ2) is 5.65. The first-order valence-electron chi connectivity index (χ1n) is 6.16. The van der Waals surface area contributed by atoms with Gasteiger partial charge in [0, 0.05) is 5.56 Å². The molecular weight excluding hydrogens is 236 g/mol. The van der Waals surface area contributed by atoms with Crippen LogP contribution in [-0.2, 0) is 6.42 Å². The average Bonchev–Trinajstić information content (AvgIpc) is 2.29. The van der Waals surface area contributed by atoms with Crippen LogP contribution in [0.5, 0.6) is 0 Å². The molecule has 0 atom stereocenters. The number of nitrogens with two attached hydrogens (primary N) is 1. The van der Waals surface area contributed by atoms with E-state index in [-0.39, 0.29) is 0 Å². The molecule has 5 heteroatoms. The molecule has 4 nitrogen and oxygen atoms in total. The number of nitrogens with one attached hydrogen (secondary N) is 1. The molecule has 1 aromatic heterocycles. The fourth-order valence-corrected chi connectivity index (χ4v) is 2.65. The smallest absolute Gasteiger partial charge is 0.138 e. The summed E-state index contributed by atoms with van der Waals surface area (Å²) in [6.45, 7) is 4.05. The zero-order chi connectivity index (χ0) is 12.3. The summed E-state index contributed by atoms with van der Waals surface area (Å²) >= 11 is 6.11. The molecule has 2 heterocycles. The lowest BCUT2D eigenvalue weighted by Gasteiger charge is -2.22. The Morgan fingerprint density at radius 3 is 2.71 bits per heavy atom. The number of piperidine rings is 1. The highest BCUT2D eigenvalue weighted by molar-refractivity contribution is 6.30. The molecular formula is C12H19ClN4. The Bertz CT molecular complexity index is 365. The molecule has 17 heavy (non-hydrogen) atoms. The van der Waals surface area contributed by atoms with Crippen LogP contribution in [0.4, 0.5) is 5.82 Å². The molecule has 0 saturated carbocycles. The molecule has 1 aromatic rings. The van der Waals surface area contributed by atoms with E-state index in [1.165, 1.54) is 12.8 Å². The Balaban J connectivity index is 1.98. The summed E-state index contributed by atoms with van der Waals surface area (Å²) in [6.07, 6.45) is 4.49. The average molecular weight is 255 g/mol. The number of hydrogen-bond acceptors (Lipinski definition) is 4. The van der Waals surface area contributed by atoms with E-state index in [9.17, 15) is 0 Å². The fraction of sp³-hybridized carbons (Fsp3) is 0.667. The van der Waals surface area contributed by atoms with E-state index in [0.717, 1.165) is 37.4 Å². The van der Waals surface area contributed by atoms with Crippen LogP contribution in [0.3, 0.4) is 0 Å². The van der Waals surface area contributed by atoms with Crippen molar-refractivity contribution in [3.8, 4) is 0 Å². The fourth-order valence-electron chi connectivity index (χ4n) is 2.33. The molecule has 1 saturated heterocycles. The molecule has 0 unspecified atom stereocenters. The van der Waals surface area contributed by atoms with Gasteiger partial charge < -0.3 is 11.1 Å². The normalized spacial score (nSPS) is 17.3. The van der Waals surface area contributed by atoms with Gasteiger partial charge in [0.05, 0.1) is 0 Å². The quantitative estimate of drug-likeness (QED) is 0.810. The summed E-state index contributed by atoms with van der Waals surface area (Å²) in [6, 6.07) is 0. The first kappa shape index (κ1) is 12.6. The van der Waals surface area contributed by atoms with Crippen LogP contribution in [0.15, 0.2) is 0 Å². The van der Waals surface area contributed by atoms with Crippen LogP contribution in [0, 0.1) is 12.8 Å². The van der Waals surface area contributed by atoms with Crippen LogP contribution in [0.1, 0.15) is 30.7 Å². The van der Waals surface area contributed by atoms with E-state index in [4.69, 9.17) is 17.3 Å². The van der Waals surface area contributed by atoms with E-state index in [2.05, 4.69) is 15.3 Å². The first-order chi connectivity index (χ1) is 8.16. The first-order valence-corrected chi connectivity index (χ1v) is 6.54. The Hall–Kier alpha value is -0.870. The van der Waals surface area contributed by atoms with Gasteiger partial charge >= 0.3 is 0 Å². The lowest BCUT2D eigenvalue weighted by molar-refractivity contribution is 0.354. The van der Waals surface area contributed by atoms with Crippen molar-refractivity contribution in [3.63, 3.8) is 0 Å². The van der Waals surface area contributed by atoms with E-state index < -0.39 is 0 Å². The summed E-state index contributed by atoms with van der Waals surface area (Å²) in [7, 11) is 0. The van der Waals surface area contributed by atoms with Gasteiger partial charge in [-0.3, -0.25) is 0 Å². The lowest BCUT2D eigenvalue weighted by Crippen LogP contribution is -2.28. The van der Waals surface area contributed by atoms with Crippen LogP contribution >= 0.6 is 11.6 Å². The lowest BCUT2D eigenvalue weighted by atomic mass is 9.92. The molecule has 0 spiro atoms. The summed E-state index contributed by atoms with van der Waals surface area (Å²) in [5.41, 5.74) is 6.80. The van der Waals surface area contributed by atoms with Crippen molar-refractivity contribution in [1.82, 2.24) is 15.3 Å². The Morgan fingerprint density at radius 1 is 1.35 bits per heavy atom. The van der Waals surface area contributed by atoms with E-state index >= 15 is 0 Å². The standard InChI is InChI=1S/C12H19ClN4/c1-8-16-11(13)10(12(14)17-8)3-2-9-4-6-15-7-5-9/h9,15H,2-7H2,1H3,(H2,14,16,17). The highest BCUT2D eigenvalue weighted by atomic mass is 35.5.